The highest BCUT2D eigenvalue weighted by Crippen LogP contribution is 2.47. The SMILES string of the molecule is C=C(c1cc2ccccc2c2ccccc12)C(C(N=C(NC(=NC)c1ccccc1)c1ccccc1)n1c2ccccc2c2ccccc21)n1c2ccccc2c2ccccc21. The Bertz CT molecular complexity index is 3430. The molecule has 2 unspecified atom stereocenters. The lowest BCUT2D eigenvalue weighted by Gasteiger charge is -2.33. The summed E-state index contributed by atoms with van der Waals surface area (Å²) in [4.78, 5) is 10.9. The van der Waals surface area contributed by atoms with E-state index in [2.05, 4.69) is 203 Å². The van der Waals surface area contributed by atoms with Crippen molar-refractivity contribution in [3.05, 3.63) is 236 Å². The van der Waals surface area contributed by atoms with Crippen molar-refractivity contribution in [1.82, 2.24) is 14.5 Å². The fourth-order valence-corrected chi connectivity index (χ4v) is 9.58. The van der Waals surface area contributed by atoms with Gasteiger partial charge in [-0.25, -0.2) is 4.99 Å². The van der Waals surface area contributed by atoms with Crippen molar-refractivity contribution in [2.45, 2.75) is 12.2 Å². The van der Waals surface area contributed by atoms with E-state index in [0.717, 1.165) is 55.6 Å². The van der Waals surface area contributed by atoms with Crippen LogP contribution >= 0.6 is 0 Å². The van der Waals surface area contributed by atoms with Gasteiger partial charge in [-0.2, -0.15) is 0 Å². The van der Waals surface area contributed by atoms with Crippen molar-refractivity contribution in [3.63, 3.8) is 0 Å². The average molecular weight is 798 g/mol. The van der Waals surface area contributed by atoms with Crippen LogP contribution in [0, 0.1) is 0 Å². The lowest BCUT2D eigenvalue weighted by atomic mass is 9.89. The third kappa shape index (κ3) is 6.17. The van der Waals surface area contributed by atoms with E-state index >= 15 is 0 Å². The Hall–Kier alpha value is -8.02. The van der Waals surface area contributed by atoms with Gasteiger partial charge in [-0.05, 0) is 63.0 Å². The Kier molecular flexibility index (Phi) is 9.28. The molecule has 0 aliphatic heterocycles. The van der Waals surface area contributed by atoms with Crippen molar-refractivity contribution in [2.75, 3.05) is 7.05 Å². The van der Waals surface area contributed by atoms with Crippen LogP contribution in [0.5, 0.6) is 0 Å². The molecule has 0 spiro atoms. The number of aliphatic imine (C=N–C) groups is 2. The number of hydrogen-bond acceptors (Lipinski definition) is 2. The zero-order valence-electron chi connectivity index (χ0n) is 34.4. The van der Waals surface area contributed by atoms with E-state index in [1.165, 1.54) is 37.7 Å². The highest BCUT2D eigenvalue weighted by atomic mass is 15.2. The van der Waals surface area contributed by atoms with Gasteiger partial charge in [0, 0.05) is 50.8 Å². The summed E-state index contributed by atoms with van der Waals surface area (Å²) >= 11 is 0. The molecule has 0 bridgehead atoms. The Morgan fingerprint density at radius 3 is 1.35 bits per heavy atom. The van der Waals surface area contributed by atoms with Crippen molar-refractivity contribution in [2.24, 2.45) is 9.98 Å². The molecule has 0 aliphatic rings. The van der Waals surface area contributed by atoms with Gasteiger partial charge in [0.25, 0.3) is 0 Å². The van der Waals surface area contributed by atoms with Gasteiger partial charge in [0.2, 0.25) is 0 Å². The number of nitrogens with zero attached hydrogens (tertiary/aromatic N) is 4. The molecule has 2 heterocycles. The topological polar surface area (TPSA) is 46.6 Å². The Morgan fingerprint density at radius 1 is 0.435 bits per heavy atom. The molecule has 9 aromatic carbocycles. The molecule has 5 nitrogen and oxygen atoms in total. The summed E-state index contributed by atoms with van der Waals surface area (Å²) in [6, 6.07) is 74.9. The van der Waals surface area contributed by atoms with Crippen LogP contribution in [0.15, 0.2) is 229 Å². The van der Waals surface area contributed by atoms with Crippen LogP contribution in [0.4, 0.5) is 0 Å². The second kappa shape index (κ2) is 15.5. The molecule has 0 aliphatic carbocycles. The van der Waals surface area contributed by atoms with Crippen LogP contribution in [0.2, 0.25) is 0 Å². The summed E-state index contributed by atoms with van der Waals surface area (Å²) in [7, 11) is 1.83. The van der Waals surface area contributed by atoms with Crippen molar-refractivity contribution >= 4 is 82.4 Å². The molecule has 0 saturated carbocycles. The maximum atomic E-state index is 6.07. The third-order valence-corrected chi connectivity index (χ3v) is 12.3. The van der Waals surface area contributed by atoms with E-state index < -0.39 is 12.2 Å². The van der Waals surface area contributed by atoms with Crippen LogP contribution < -0.4 is 5.32 Å². The summed E-state index contributed by atoms with van der Waals surface area (Å²) in [5.41, 5.74) is 8.35. The Labute approximate surface area is 360 Å². The fourth-order valence-electron chi connectivity index (χ4n) is 9.58. The standard InChI is InChI=1S/C57H43N5/c1-38(49-37-41-25-9-10-26-42(41)43-27-11-12-28-44(43)49)54(61-50-33-17-13-29-45(50)46-30-14-18-34-51(46)61)57(62-52-35-19-15-31-47(52)48-32-16-20-36-53(48)62)60-56(40-23-7-4-8-24-40)59-55(58-2)39-21-5-3-6-22-39/h3-37,54,57H,1H2,2H3,(H,58,59,60). The van der Waals surface area contributed by atoms with Gasteiger partial charge >= 0.3 is 0 Å². The normalized spacial score (nSPS) is 13.4. The minimum atomic E-state index is -0.590. The lowest BCUT2D eigenvalue weighted by molar-refractivity contribution is 0.435. The molecule has 0 radical (unpaired) electrons. The summed E-state index contributed by atoms with van der Waals surface area (Å²) in [6.45, 7) is 5.20. The molecule has 5 heteroatoms. The predicted octanol–water partition coefficient (Wildman–Crippen LogP) is 13.8. The predicted molar refractivity (Wildman–Crippen MR) is 262 cm³/mol. The maximum Gasteiger partial charge on any atom is 0.152 e. The van der Waals surface area contributed by atoms with E-state index in [0.29, 0.717) is 5.84 Å². The summed E-state index contributed by atoms with van der Waals surface area (Å²) < 4.78 is 4.95. The fraction of sp³-hybridized carbons (Fsp3) is 0.0526. The molecular formula is C57H43N5. The first-order chi connectivity index (χ1) is 30.7. The molecule has 0 saturated heterocycles. The average Bonchev–Trinajstić information content (AvgIpc) is 3.85. The number of nitrogens with one attached hydrogen (secondary N) is 1. The van der Waals surface area contributed by atoms with E-state index in [-0.39, 0.29) is 0 Å². The first kappa shape index (κ1) is 37.0. The molecule has 2 atom stereocenters. The molecule has 11 rings (SSSR count). The Balaban J connectivity index is 1.29. The minimum absolute atomic E-state index is 0.456. The quantitative estimate of drug-likeness (QED) is 0.0929. The molecule has 2 aromatic heterocycles. The number of rotatable bonds is 8. The molecule has 11 aromatic rings. The first-order valence-electron chi connectivity index (χ1n) is 21.2. The van der Waals surface area contributed by atoms with Gasteiger partial charge in [0.1, 0.15) is 17.7 Å². The second-order valence-corrected chi connectivity index (χ2v) is 15.8. The van der Waals surface area contributed by atoms with Crippen LogP contribution in [0.25, 0.3) is 70.7 Å². The zero-order chi connectivity index (χ0) is 41.6. The minimum Gasteiger partial charge on any atom is -0.329 e. The molecule has 1 N–H and O–H groups in total. The smallest absolute Gasteiger partial charge is 0.152 e. The van der Waals surface area contributed by atoms with Gasteiger partial charge in [0.05, 0.1) is 11.0 Å². The van der Waals surface area contributed by atoms with Crippen LogP contribution in [-0.2, 0) is 0 Å². The first-order valence-corrected chi connectivity index (χ1v) is 21.2. The lowest BCUT2D eigenvalue weighted by Crippen LogP contribution is -2.34. The number of hydrogen-bond donors (Lipinski definition) is 1. The van der Waals surface area contributed by atoms with Gasteiger partial charge in [0.15, 0.2) is 6.17 Å². The summed E-state index contributed by atoms with van der Waals surface area (Å²) in [5.74, 6) is 1.42. The van der Waals surface area contributed by atoms with E-state index in [1.54, 1.807) is 0 Å². The number of fused-ring (bicyclic) bond motifs is 9. The van der Waals surface area contributed by atoms with Gasteiger partial charge in [-0.15, -0.1) is 0 Å². The van der Waals surface area contributed by atoms with Crippen molar-refractivity contribution < 1.29 is 0 Å². The van der Waals surface area contributed by atoms with Crippen molar-refractivity contribution in [3.8, 4) is 0 Å². The van der Waals surface area contributed by atoms with Gasteiger partial charge in [-0.3, -0.25) is 4.99 Å². The van der Waals surface area contributed by atoms with Crippen molar-refractivity contribution in [1.29, 1.82) is 0 Å². The number of benzene rings is 9. The number of amidine groups is 2. The number of aromatic nitrogens is 2. The highest BCUT2D eigenvalue weighted by Gasteiger charge is 2.34. The molecule has 62 heavy (non-hydrogen) atoms. The van der Waals surface area contributed by atoms with E-state index in [9.17, 15) is 0 Å². The molecular weight excluding hydrogens is 755 g/mol. The van der Waals surface area contributed by atoms with Crippen LogP contribution in [0.1, 0.15) is 28.9 Å². The third-order valence-electron chi connectivity index (χ3n) is 12.3. The van der Waals surface area contributed by atoms with E-state index in [4.69, 9.17) is 16.6 Å². The molecule has 0 fully saturated rings. The van der Waals surface area contributed by atoms with Crippen LogP contribution in [0.3, 0.4) is 0 Å². The van der Waals surface area contributed by atoms with E-state index in [1.807, 2.05) is 31.3 Å². The van der Waals surface area contributed by atoms with Gasteiger partial charge < -0.3 is 14.5 Å². The second-order valence-electron chi connectivity index (χ2n) is 15.8. The molecule has 0 amide bonds. The molecule has 296 valence electrons. The Morgan fingerprint density at radius 2 is 0.839 bits per heavy atom. The monoisotopic (exact) mass is 797 g/mol. The van der Waals surface area contributed by atoms with Gasteiger partial charge in [-0.1, -0.05) is 189 Å². The zero-order valence-corrected chi connectivity index (χ0v) is 34.4. The largest absolute Gasteiger partial charge is 0.329 e. The van der Waals surface area contributed by atoms with Crippen LogP contribution in [-0.4, -0.2) is 27.9 Å². The summed E-state index contributed by atoms with van der Waals surface area (Å²) in [5, 5.41) is 13.2. The highest BCUT2D eigenvalue weighted by molar-refractivity contribution is 6.16. The summed E-state index contributed by atoms with van der Waals surface area (Å²) in [6.07, 6.45) is -0.590. The number of para-hydroxylation sites is 4. The maximum absolute atomic E-state index is 6.07.